The number of amides is 1. The minimum atomic E-state index is -0.177. The number of benzene rings is 1. The number of likely N-dealkylation sites (N-methyl/N-ethyl adjacent to an activating group) is 1. The first kappa shape index (κ1) is 18.5. The molecule has 6 nitrogen and oxygen atoms in total. The molecular weight excluding hydrogens is 350 g/mol. The molecule has 1 amide bonds. The van der Waals surface area contributed by atoms with Gasteiger partial charge in [-0.05, 0) is 38.5 Å². The van der Waals surface area contributed by atoms with Gasteiger partial charge >= 0.3 is 0 Å². The molecule has 0 fully saturated rings. The smallest absolute Gasteiger partial charge is 0.232 e. The van der Waals surface area contributed by atoms with E-state index in [9.17, 15) is 4.79 Å². The van der Waals surface area contributed by atoms with Crippen molar-refractivity contribution in [1.82, 2.24) is 14.9 Å². The van der Waals surface area contributed by atoms with Crippen LogP contribution in [0.1, 0.15) is 17.0 Å². The third kappa shape index (κ3) is 4.27. The summed E-state index contributed by atoms with van der Waals surface area (Å²) >= 11 is 1.36. The van der Waals surface area contributed by atoms with E-state index in [2.05, 4.69) is 9.97 Å². The lowest BCUT2D eigenvalue weighted by Crippen LogP contribution is -2.42. The van der Waals surface area contributed by atoms with Crippen LogP contribution in [-0.2, 0) is 4.79 Å². The summed E-state index contributed by atoms with van der Waals surface area (Å²) in [5.74, 6) is 1.77. The number of carbonyl (C=O) groups is 1. The zero-order valence-corrected chi connectivity index (χ0v) is 16.3. The van der Waals surface area contributed by atoms with Crippen LogP contribution in [0.3, 0.4) is 0 Å². The summed E-state index contributed by atoms with van der Waals surface area (Å²) < 4.78 is 11.6. The summed E-state index contributed by atoms with van der Waals surface area (Å²) in [5, 5.41) is 0.638. The molecule has 0 bridgehead atoms. The van der Waals surface area contributed by atoms with E-state index in [4.69, 9.17) is 9.47 Å². The molecule has 2 heterocycles. The number of para-hydroxylation sites is 2. The average Bonchev–Trinajstić information content (AvgIpc) is 2.63. The van der Waals surface area contributed by atoms with E-state index in [1.807, 2.05) is 45.0 Å². The molecule has 26 heavy (non-hydrogen) atoms. The van der Waals surface area contributed by atoms with Crippen LogP contribution < -0.4 is 9.47 Å². The van der Waals surface area contributed by atoms with E-state index in [0.29, 0.717) is 24.1 Å². The van der Waals surface area contributed by atoms with E-state index >= 15 is 0 Å². The van der Waals surface area contributed by atoms with Crippen molar-refractivity contribution in [3.8, 4) is 11.5 Å². The molecule has 138 valence electrons. The summed E-state index contributed by atoms with van der Waals surface area (Å²) in [4.78, 5) is 23.0. The minimum Gasteiger partial charge on any atom is -0.486 e. The summed E-state index contributed by atoms with van der Waals surface area (Å²) in [6.07, 6.45) is -0.177. The monoisotopic (exact) mass is 373 g/mol. The maximum Gasteiger partial charge on any atom is 0.232 e. The topological polar surface area (TPSA) is 64.6 Å². The van der Waals surface area contributed by atoms with E-state index in [1.165, 1.54) is 11.8 Å². The average molecular weight is 373 g/mol. The lowest BCUT2D eigenvalue weighted by molar-refractivity contribution is -0.128. The van der Waals surface area contributed by atoms with Gasteiger partial charge in [0.2, 0.25) is 5.91 Å². The third-order valence-corrected chi connectivity index (χ3v) is 5.24. The van der Waals surface area contributed by atoms with Gasteiger partial charge in [-0.2, -0.15) is 0 Å². The summed E-state index contributed by atoms with van der Waals surface area (Å²) in [6.45, 7) is 6.82. The van der Waals surface area contributed by atoms with Crippen LogP contribution in [0.4, 0.5) is 0 Å². The molecule has 1 atom stereocenters. The second kappa shape index (κ2) is 7.95. The van der Waals surface area contributed by atoms with Gasteiger partial charge in [-0.3, -0.25) is 4.79 Å². The number of aryl methyl sites for hydroxylation is 2. The molecule has 1 aliphatic rings. The van der Waals surface area contributed by atoms with Gasteiger partial charge < -0.3 is 14.4 Å². The zero-order chi connectivity index (χ0) is 18.7. The molecule has 0 radical (unpaired) electrons. The van der Waals surface area contributed by atoms with Gasteiger partial charge in [0.05, 0.1) is 12.3 Å². The molecular formula is C19H23N3O3S. The highest BCUT2D eigenvalue weighted by atomic mass is 32.2. The molecule has 2 aromatic rings. The Morgan fingerprint density at radius 3 is 2.54 bits per heavy atom. The van der Waals surface area contributed by atoms with E-state index < -0.39 is 0 Å². The molecule has 0 saturated heterocycles. The highest BCUT2D eigenvalue weighted by Crippen LogP contribution is 2.31. The number of fused-ring (bicyclic) bond motifs is 1. The van der Waals surface area contributed by atoms with Crippen LogP contribution in [0.5, 0.6) is 11.5 Å². The van der Waals surface area contributed by atoms with E-state index in [-0.39, 0.29) is 12.0 Å². The van der Waals surface area contributed by atoms with Crippen LogP contribution >= 0.6 is 11.8 Å². The van der Waals surface area contributed by atoms with Crippen molar-refractivity contribution in [2.24, 2.45) is 0 Å². The maximum absolute atomic E-state index is 12.4. The van der Waals surface area contributed by atoms with Crippen LogP contribution in [0.25, 0.3) is 0 Å². The molecule has 0 aliphatic carbocycles. The molecule has 7 heteroatoms. The van der Waals surface area contributed by atoms with Crippen LogP contribution in [0.15, 0.2) is 29.4 Å². The molecule has 0 N–H and O–H groups in total. The first-order valence-corrected chi connectivity index (χ1v) is 9.49. The summed E-state index contributed by atoms with van der Waals surface area (Å²) in [5.41, 5.74) is 2.99. The molecule has 0 saturated carbocycles. The fraction of sp³-hybridized carbons (Fsp3) is 0.421. The lowest BCUT2D eigenvalue weighted by atomic mass is 10.2. The first-order valence-electron chi connectivity index (χ1n) is 8.51. The zero-order valence-electron chi connectivity index (χ0n) is 15.5. The van der Waals surface area contributed by atoms with Crippen LogP contribution in [0, 0.1) is 20.8 Å². The Balaban J connectivity index is 1.52. The van der Waals surface area contributed by atoms with Crippen LogP contribution in [-0.4, -0.2) is 52.8 Å². The van der Waals surface area contributed by atoms with Gasteiger partial charge in [-0.15, -0.1) is 0 Å². The third-order valence-electron chi connectivity index (χ3n) is 4.41. The van der Waals surface area contributed by atoms with E-state index in [0.717, 1.165) is 28.5 Å². The number of thioether (sulfide) groups is 1. The fourth-order valence-electron chi connectivity index (χ4n) is 2.60. The molecule has 1 aromatic carbocycles. The Morgan fingerprint density at radius 1 is 1.19 bits per heavy atom. The standard InChI is InChI=1S/C19H23N3O3S/c1-12-13(2)20-19(21-14(12)3)26-11-18(23)22(4)9-15-10-24-16-7-5-6-8-17(16)25-15/h5-8,15H,9-11H2,1-4H3/t15-/m1/s1. The number of nitrogens with zero attached hydrogens (tertiary/aromatic N) is 3. The molecule has 1 aromatic heterocycles. The lowest BCUT2D eigenvalue weighted by Gasteiger charge is -2.29. The predicted molar refractivity (Wildman–Crippen MR) is 101 cm³/mol. The van der Waals surface area contributed by atoms with Crippen molar-refractivity contribution < 1.29 is 14.3 Å². The van der Waals surface area contributed by atoms with Gasteiger partial charge in [-0.1, -0.05) is 23.9 Å². The number of hydrogen-bond donors (Lipinski definition) is 0. The number of rotatable bonds is 5. The molecule has 0 unspecified atom stereocenters. The number of hydrogen-bond acceptors (Lipinski definition) is 6. The van der Waals surface area contributed by atoms with Crippen molar-refractivity contribution in [1.29, 1.82) is 0 Å². The Bertz CT molecular complexity index is 789. The molecule has 0 spiro atoms. The quantitative estimate of drug-likeness (QED) is 0.593. The Labute approximate surface area is 157 Å². The largest absolute Gasteiger partial charge is 0.486 e. The van der Waals surface area contributed by atoms with Gasteiger partial charge in [0.25, 0.3) is 0 Å². The van der Waals surface area contributed by atoms with Gasteiger partial charge in [0.15, 0.2) is 22.8 Å². The van der Waals surface area contributed by atoms with Crippen LogP contribution in [0.2, 0.25) is 0 Å². The summed E-state index contributed by atoms with van der Waals surface area (Å²) in [6, 6.07) is 7.56. The van der Waals surface area contributed by atoms with Crippen molar-refractivity contribution in [3.05, 3.63) is 41.2 Å². The van der Waals surface area contributed by atoms with Gasteiger partial charge in [0, 0.05) is 18.4 Å². The van der Waals surface area contributed by atoms with Crippen molar-refractivity contribution in [3.63, 3.8) is 0 Å². The first-order chi connectivity index (χ1) is 12.4. The fourth-order valence-corrected chi connectivity index (χ4v) is 3.48. The maximum atomic E-state index is 12.4. The number of carbonyl (C=O) groups excluding carboxylic acids is 1. The van der Waals surface area contributed by atoms with Crippen molar-refractivity contribution in [2.45, 2.75) is 32.0 Å². The Hall–Kier alpha value is -2.28. The highest BCUT2D eigenvalue weighted by Gasteiger charge is 2.23. The summed E-state index contributed by atoms with van der Waals surface area (Å²) in [7, 11) is 1.78. The molecule has 1 aliphatic heterocycles. The Kier molecular flexibility index (Phi) is 5.66. The van der Waals surface area contributed by atoms with Gasteiger partial charge in [-0.25, -0.2) is 9.97 Å². The number of aromatic nitrogens is 2. The number of ether oxygens (including phenoxy) is 2. The normalized spacial score (nSPS) is 15.6. The van der Waals surface area contributed by atoms with Crippen molar-refractivity contribution in [2.75, 3.05) is 26.0 Å². The Morgan fingerprint density at radius 2 is 1.85 bits per heavy atom. The minimum absolute atomic E-state index is 0.0111. The van der Waals surface area contributed by atoms with Gasteiger partial charge in [0.1, 0.15) is 6.61 Å². The second-order valence-electron chi connectivity index (χ2n) is 6.36. The second-order valence-corrected chi connectivity index (χ2v) is 7.31. The molecule has 3 rings (SSSR count). The SMILES string of the molecule is Cc1nc(SCC(=O)N(C)C[C@@H]2COc3ccccc3O2)nc(C)c1C. The highest BCUT2D eigenvalue weighted by molar-refractivity contribution is 7.99. The predicted octanol–water partition coefficient (Wildman–Crippen LogP) is 2.79. The van der Waals surface area contributed by atoms with Crippen molar-refractivity contribution >= 4 is 17.7 Å². The van der Waals surface area contributed by atoms with E-state index in [1.54, 1.807) is 11.9 Å².